The number of imidazole rings is 1. The number of nitrogens with two attached hydrogens (primary N) is 1. The van der Waals surface area contributed by atoms with Crippen molar-refractivity contribution < 1.29 is 0 Å². The van der Waals surface area contributed by atoms with Gasteiger partial charge >= 0.3 is 0 Å². The van der Waals surface area contributed by atoms with E-state index in [1.807, 2.05) is 34.7 Å². The molecule has 0 fully saturated rings. The summed E-state index contributed by atoms with van der Waals surface area (Å²) >= 11 is 0. The molecule has 0 amide bonds. The number of hydrogen-bond acceptors (Lipinski definition) is 4. The van der Waals surface area contributed by atoms with Crippen LogP contribution in [0, 0.1) is 0 Å². The van der Waals surface area contributed by atoms with Crippen molar-refractivity contribution in [1.29, 1.82) is 0 Å². The molecule has 84 valence electrons. The fraction of sp³-hybridized carbons (Fsp3) is 0.500. The quantitative estimate of drug-likeness (QED) is 0.720. The fourth-order valence-corrected chi connectivity index (χ4v) is 0.964. The number of aromatic nitrogens is 4. The fourth-order valence-electron chi connectivity index (χ4n) is 0.964. The van der Waals surface area contributed by atoms with E-state index in [1.54, 1.807) is 10.9 Å². The third-order valence-electron chi connectivity index (χ3n) is 1.53. The first-order valence-corrected chi connectivity index (χ1v) is 5.16. The molecule has 0 saturated carbocycles. The first-order valence-electron chi connectivity index (χ1n) is 5.16. The lowest BCUT2D eigenvalue weighted by atomic mass is 10.5. The first-order chi connectivity index (χ1) is 7.29. The zero-order valence-electron chi connectivity index (χ0n) is 10.0. The molecule has 2 aromatic rings. The van der Waals surface area contributed by atoms with Crippen molar-refractivity contribution in [3.8, 4) is 0 Å². The van der Waals surface area contributed by atoms with Crippen LogP contribution < -0.4 is 5.73 Å². The Hall–Kier alpha value is -1.65. The summed E-state index contributed by atoms with van der Waals surface area (Å²) < 4.78 is 1.80. The lowest BCUT2D eigenvalue weighted by Crippen LogP contribution is -1.94. The third kappa shape index (κ3) is 2.90. The average Bonchev–Trinajstić information content (AvgIpc) is 2.68. The van der Waals surface area contributed by atoms with Gasteiger partial charge in [0.05, 0.1) is 6.33 Å². The van der Waals surface area contributed by atoms with Gasteiger partial charge in [0.1, 0.15) is 11.8 Å². The smallest absolute Gasteiger partial charge is 0.165 e. The Morgan fingerprint density at radius 2 is 1.67 bits per heavy atom. The molecule has 2 aromatic heterocycles. The second kappa shape index (κ2) is 6.75. The minimum atomic E-state index is 0.426. The molecule has 2 rings (SSSR count). The number of fused-ring (bicyclic) bond motifs is 1. The van der Waals surface area contributed by atoms with Crippen LogP contribution in [0.5, 0.6) is 0 Å². The minimum absolute atomic E-state index is 0.426. The lowest BCUT2D eigenvalue weighted by molar-refractivity contribution is 0.928. The topological polar surface area (TPSA) is 69.6 Å². The van der Waals surface area contributed by atoms with Gasteiger partial charge in [0.2, 0.25) is 0 Å². The highest BCUT2D eigenvalue weighted by molar-refractivity contribution is 5.80. The molecule has 15 heavy (non-hydrogen) atoms. The Bertz CT molecular complexity index is 394. The predicted octanol–water partition coefficient (Wildman–Crippen LogP) is 2.00. The Morgan fingerprint density at radius 1 is 1.07 bits per heavy atom. The van der Waals surface area contributed by atoms with Gasteiger partial charge in [-0.2, -0.15) is 0 Å². The molecular formula is C10H19N5. The summed E-state index contributed by atoms with van der Waals surface area (Å²) in [5, 5.41) is 0. The SMILES string of the molecule is CC.CC.Cn1cnc2c(N)ncnc21. The first kappa shape index (κ1) is 13.4. The molecule has 0 aliphatic heterocycles. The number of aryl methyl sites for hydroxylation is 1. The molecule has 0 atom stereocenters. The van der Waals surface area contributed by atoms with Crippen LogP contribution in [0.15, 0.2) is 12.7 Å². The lowest BCUT2D eigenvalue weighted by Gasteiger charge is -1.92. The standard InChI is InChI=1S/C6H7N5.2C2H6/c1-11-3-10-4-5(7)8-2-9-6(4)11;2*1-2/h2-3H,1H3,(H2,7,8,9);2*1-2H3. The van der Waals surface area contributed by atoms with Gasteiger partial charge in [-0.3, -0.25) is 0 Å². The zero-order valence-corrected chi connectivity index (χ0v) is 10.0. The van der Waals surface area contributed by atoms with Crippen molar-refractivity contribution in [2.24, 2.45) is 7.05 Å². The van der Waals surface area contributed by atoms with E-state index < -0.39 is 0 Å². The molecule has 5 nitrogen and oxygen atoms in total. The van der Waals surface area contributed by atoms with Gasteiger partial charge in [-0.15, -0.1) is 0 Å². The van der Waals surface area contributed by atoms with E-state index in [1.165, 1.54) is 6.33 Å². The maximum Gasteiger partial charge on any atom is 0.165 e. The highest BCUT2D eigenvalue weighted by Gasteiger charge is 2.03. The summed E-state index contributed by atoms with van der Waals surface area (Å²) in [6, 6.07) is 0. The maximum atomic E-state index is 5.54. The van der Waals surface area contributed by atoms with Gasteiger partial charge in [-0.25, -0.2) is 15.0 Å². The molecule has 0 bridgehead atoms. The van der Waals surface area contributed by atoms with Crippen molar-refractivity contribution in [2.45, 2.75) is 27.7 Å². The van der Waals surface area contributed by atoms with Crippen molar-refractivity contribution in [2.75, 3.05) is 5.73 Å². The molecule has 0 aromatic carbocycles. The zero-order chi connectivity index (χ0) is 11.8. The highest BCUT2D eigenvalue weighted by Crippen LogP contribution is 2.11. The van der Waals surface area contributed by atoms with E-state index in [0.717, 1.165) is 5.65 Å². The van der Waals surface area contributed by atoms with Crippen LogP contribution >= 0.6 is 0 Å². The average molecular weight is 209 g/mol. The van der Waals surface area contributed by atoms with Gasteiger partial charge in [0.25, 0.3) is 0 Å². The minimum Gasteiger partial charge on any atom is -0.382 e. The summed E-state index contributed by atoms with van der Waals surface area (Å²) in [5.41, 5.74) is 6.97. The van der Waals surface area contributed by atoms with Crippen LogP contribution in [0.2, 0.25) is 0 Å². The molecule has 5 heteroatoms. The van der Waals surface area contributed by atoms with Gasteiger partial charge in [-0.05, 0) is 0 Å². The van der Waals surface area contributed by atoms with Gasteiger partial charge in [0.15, 0.2) is 11.5 Å². The highest BCUT2D eigenvalue weighted by atomic mass is 15.1. The molecule has 0 saturated heterocycles. The molecule has 0 aliphatic carbocycles. The Labute approximate surface area is 90.4 Å². The molecule has 0 unspecified atom stereocenters. The third-order valence-corrected chi connectivity index (χ3v) is 1.53. The van der Waals surface area contributed by atoms with E-state index in [4.69, 9.17) is 5.73 Å². The van der Waals surface area contributed by atoms with E-state index in [9.17, 15) is 0 Å². The summed E-state index contributed by atoms with van der Waals surface area (Å²) in [5.74, 6) is 0.426. The van der Waals surface area contributed by atoms with Crippen LogP contribution in [0.3, 0.4) is 0 Å². The molecule has 0 radical (unpaired) electrons. The number of rotatable bonds is 0. The largest absolute Gasteiger partial charge is 0.382 e. The second-order valence-electron chi connectivity index (χ2n) is 2.29. The number of nitrogen functional groups attached to an aromatic ring is 1. The Kier molecular flexibility index (Phi) is 6.01. The van der Waals surface area contributed by atoms with Crippen LogP contribution in [0.4, 0.5) is 5.82 Å². The second-order valence-corrected chi connectivity index (χ2v) is 2.29. The van der Waals surface area contributed by atoms with Crippen LogP contribution in [0.25, 0.3) is 11.2 Å². The van der Waals surface area contributed by atoms with Crippen LogP contribution in [-0.4, -0.2) is 19.5 Å². The molecule has 2 heterocycles. The maximum absolute atomic E-state index is 5.54. The van der Waals surface area contributed by atoms with Crippen LogP contribution in [-0.2, 0) is 7.05 Å². The Morgan fingerprint density at radius 3 is 2.20 bits per heavy atom. The monoisotopic (exact) mass is 209 g/mol. The normalized spacial score (nSPS) is 8.60. The molecular weight excluding hydrogens is 190 g/mol. The predicted molar refractivity (Wildman–Crippen MR) is 63.4 cm³/mol. The summed E-state index contributed by atoms with van der Waals surface area (Å²) in [6.45, 7) is 8.00. The van der Waals surface area contributed by atoms with E-state index in [-0.39, 0.29) is 0 Å². The van der Waals surface area contributed by atoms with E-state index in [2.05, 4.69) is 15.0 Å². The van der Waals surface area contributed by atoms with Crippen molar-refractivity contribution in [3.05, 3.63) is 12.7 Å². The van der Waals surface area contributed by atoms with Gasteiger partial charge < -0.3 is 10.3 Å². The number of hydrogen-bond donors (Lipinski definition) is 1. The number of nitrogens with zero attached hydrogens (tertiary/aromatic N) is 4. The molecule has 0 spiro atoms. The summed E-state index contributed by atoms with van der Waals surface area (Å²) in [4.78, 5) is 11.9. The molecule has 2 N–H and O–H groups in total. The van der Waals surface area contributed by atoms with Gasteiger partial charge in [-0.1, -0.05) is 27.7 Å². The van der Waals surface area contributed by atoms with E-state index in [0.29, 0.717) is 11.3 Å². The van der Waals surface area contributed by atoms with Crippen LogP contribution in [0.1, 0.15) is 27.7 Å². The van der Waals surface area contributed by atoms with Crippen molar-refractivity contribution in [1.82, 2.24) is 19.5 Å². The van der Waals surface area contributed by atoms with E-state index >= 15 is 0 Å². The Balaban J connectivity index is 0.000000442. The van der Waals surface area contributed by atoms with Gasteiger partial charge in [0, 0.05) is 7.05 Å². The van der Waals surface area contributed by atoms with Crippen molar-refractivity contribution >= 4 is 17.0 Å². The number of anilines is 1. The summed E-state index contributed by atoms with van der Waals surface area (Å²) in [6.07, 6.45) is 3.09. The molecule has 0 aliphatic rings. The summed E-state index contributed by atoms with van der Waals surface area (Å²) in [7, 11) is 1.86. The van der Waals surface area contributed by atoms with Crippen molar-refractivity contribution in [3.63, 3.8) is 0 Å².